The van der Waals surface area contributed by atoms with E-state index < -0.39 is 5.92 Å². The van der Waals surface area contributed by atoms with Gasteiger partial charge in [0.15, 0.2) is 0 Å². The van der Waals surface area contributed by atoms with Gasteiger partial charge in [0, 0.05) is 43.3 Å². The van der Waals surface area contributed by atoms with Crippen LogP contribution in [0.3, 0.4) is 0 Å². The van der Waals surface area contributed by atoms with E-state index in [1.165, 1.54) is 4.90 Å². The number of rotatable bonds is 3. The maximum Gasteiger partial charge on any atom is 0.334 e. The maximum atomic E-state index is 13.1. The van der Waals surface area contributed by atoms with E-state index in [0.29, 0.717) is 30.0 Å². The third-order valence-corrected chi connectivity index (χ3v) is 5.12. The van der Waals surface area contributed by atoms with E-state index in [1.807, 2.05) is 49.2 Å². The predicted octanol–water partition coefficient (Wildman–Crippen LogP) is 3.18. The average Bonchev–Trinajstić information content (AvgIpc) is 2.64. The summed E-state index contributed by atoms with van der Waals surface area (Å²) in [5.41, 5.74) is 3.93. The lowest BCUT2D eigenvalue weighted by Crippen LogP contribution is -2.44. The summed E-state index contributed by atoms with van der Waals surface area (Å²) in [5, 5.41) is 0. The molecular formula is C21H24N2O3. The number of carbonyl (C=O) groups excluding carboxylic acids is 2. The highest BCUT2D eigenvalue weighted by molar-refractivity contribution is 6.03. The molecule has 1 aromatic carbocycles. The lowest BCUT2D eigenvalue weighted by atomic mass is 9.75. The zero-order valence-electron chi connectivity index (χ0n) is 15.7. The molecule has 0 saturated carbocycles. The SMILES string of the molecule is C=C1N(C)C(=O)C2=C(CC(C)=C(C(=O)OCC)C2c2ccccc2)N1C. The van der Waals surface area contributed by atoms with Gasteiger partial charge in [0.25, 0.3) is 5.91 Å². The fourth-order valence-corrected chi connectivity index (χ4v) is 3.70. The van der Waals surface area contributed by atoms with Gasteiger partial charge in [-0.15, -0.1) is 0 Å². The number of hydrogen-bond donors (Lipinski definition) is 0. The molecule has 0 aromatic heterocycles. The zero-order chi connectivity index (χ0) is 19.0. The second-order valence-corrected chi connectivity index (χ2v) is 6.63. The van der Waals surface area contributed by atoms with E-state index in [9.17, 15) is 9.59 Å². The molecule has 0 radical (unpaired) electrons. The summed E-state index contributed by atoms with van der Waals surface area (Å²) in [7, 11) is 3.62. The van der Waals surface area contributed by atoms with Crippen LogP contribution in [0.1, 0.15) is 31.7 Å². The number of benzene rings is 1. The van der Waals surface area contributed by atoms with Gasteiger partial charge in [0.05, 0.1) is 6.61 Å². The van der Waals surface area contributed by atoms with Crippen LogP contribution in [0, 0.1) is 0 Å². The van der Waals surface area contributed by atoms with Crippen molar-refractivity contribution in [3.8, 4) is 0 Å². The van der Waals surface area contributed by atoms with Crippen LogP contribution in [-0.2, 0) is 14.3 Å². The summed E-state index contributed by atoms with van der Waals surface area (Å²) in [6.45, 7) is 8.04. The molecule has 0 bridgehead atoms. The van der Waals surface area contributed by atoms with Gasteiger partial charge in [-0.25, -0.2) is 4.79 Å². The Kier molecular flexibility index (Phi) is 4.72. The van der Waals surface area contributed by atoms with Crippen molar-refractivity contribution in [2.24, 2.45) is 0 Å². The topological polar surface area (TPSA) is 49.9 Å². The highest BCUT2D eigenvalue weighted by Crippen LogP contribution is 2.46. The second kappa shape index (κ2) is 6.83. The van der Waals surface area contributed by atoms with Gasteiger partial charge in [-0.05, 0) is 19.4 Å². The smallest absolute Gasteiger partial charge is 0.334 e. The summed E-state index contributed by atoms with van der Waals surface area (Å²) in [6, 6.07) is 9.66. The van der Waals surface area contributed by atoms with Gasteiger partial charge in [-0.1, -0.05) is 42.5 Å². The number of hydrogen-bond acceptors (Lipinski definition) is 4. The van der Waals surface area contributed by atoms with E-state index >= 15 is 0 Å². The van der Waals surface area contributed by atoms with Crippen LogP contribution < -0.4 is 0 Å². The molecular weight excluding hydrogens is 328 g/mol. The third-order valence-electron chi connectivity index (χ3n) is 5.12. The van der Waals surface area contributed by atoms with Gasteiger partial charge < -0.3 is 9.64 Å². The Morgan fingerprint density at radius 2 is 1.88 bits per heavy atom. The molecule has 0 N–H and O–H groups in total. The summed E-state index contributed by atoms with van der Waals surface area (Å²) < 4.78 is 5.32. The molecule has 26 heavy (non-hydrogen) atoms. The number of allylic oxidation sites excluding steroid dienone is 1. The van der Waals surface area contributed by atoms with Gasteiger partial charge in [0.2, 0.25) is 0 Å². The molecule has 1 aliphatic heterocycles. The van der Waals surface area contributed by atoms with Gasteiger partial charge in [-0.2, -0.15) is 0 Å². The molecule has 0 fully saturated rings. The van der Waals surface area contributed by atoms with Gasteiger partial charge in [0.1, 0.15) is 5.82 Å². The Labute approximate surface area is 154 Å². The fraction of sp³-hybridized carbons (Fsp3) is 0.333. The van der Waals surface area contributed by atoms with E-state index in [1.54, 1.807) is 14.0 Å². The van der Waals surface area contributed by atoms with Crippen LogP contribution in [0.2, 0.25) is 0 Å². The number of ether oxygens (including phenoxy) is 1. The first-order valence-corrected chi connectivity index (χ1v) is 8.73. The molecule has 2 aliphatic rings. The normalized spacial score (nSPS) is 20.5. The number of nitrogens with zero attached hydrogens (tertiary/aromatic N) is 2. The van der Waals surface area contributed by atoms with Crippen molar-refractivity contribution < 1.29 is 14.3 Å². The number of amides is 1. The van der Waals surface area contributed by atoms with Crippen LogP contribution in [0.4, 0.5) is 0 Å². The van der Waals surface area contributed by atoms with Crippen LogP contribution in [-0.4, -0.2) is 42.4 Å². The Hall–Kier alpha value is -2.82. The maximum absolute atomic E-state index is 13.1. The molecule has 1 atom stereocenters. The van der Waals surface area contributed by atoms with Crippen LogP contribution in [0.5, 0.6) is 0 Å². The lowest BCUT2D eigenvalue weighted by molar-refractivity contribution is -0.138. The first-order valence-electron chi connectivity index (χ1n) is 8.73. The molecule has 1 unspecified atom stereocenters. The first-order chi connectivity index (χ1) is 12.4. The highest BCUT2D eigenvalue weighted by Gasteiger charge is 2.43. The van der Waals surface area contributed by atoms with Crippen molar-refractivity contribution >= 4 is 11.9 Å². The molecule has 0 saturated heterocycles. The second-order valence-electron chi connectivity index (χ2n) is 6.63. The Bertz CT molecular complexity index is 836. The van der Waals surface area contributed by atoms with Crippen molar-refractivity contribution in [2.75, 3.05) is 20.7 Å². The lowest BCUT2D eigenvalue weighted by Gasteiger charge is -2.42. The molecule has 3 rings (SSSR count). The summed E-state index contributed by atoms with van der Waals surface area (Å²) in [6.07, 6.45) is 0.530. The Balaban J connectivity index is 2.23. The minimum absolute atomic E-state index is 0.119. The quantitative estimate of drug-likeness (QED) is 0.784. The van der Waals surface area contributed by atoms with E-state index in [-0.39, 0.29) is 11.9 Å². The monoisotopic (exact) mass is 352 g/mol. The predicted molar refractivity (Wildman–Crippen MR) is 99.8 cm³/mol. The molecule has 1 aromatic rings. The van der Waals surface area contributed by atoms with E-state index in [2.05, 4.69) is 6.58 Å². The number of esters is 1. The first kappa shape index (κ1) is 18.0. The summed E-state index contributed by atoms with van der Waals surface area (Å²) in [4.78, 5) is 29.4. The minimum atomic E-state index is -0.440. The zero-order valence-corrected chi connectivity index (χ0v) is 15.7. The van der Waals surface area contributed by atoms with Crippen LogP contribution in [0.15, 0.2) is 65.1 Å². The van der Waals surface area contributed by atoms with Crippen molar-refractivity contribution in [1.82, 2.24) is 9.80 Å². The summed E-state index contributed by atoms with van der Waals surface area (Å²) >= 11 is 0. The molecule has 1 aliphatic carbocycles. The van der Waals surface area contributed by atoms with Crippen LogP contribution >= 0.6 is 0 Å². The van der Waals surface area contributed by atoms with Crippen molar-refractivity contribution in [3.63, 3.8) is 0 Å². The van der Waals surface area contributed by atoms with E-state index in [4.69, 9.17) is 4.74 Å². The van der Waals surface area contributed by atoms with Crippen molar-refractivity contribution in [3.05, 3.63) is 70.7 Å². The average molecular weight is 352 g/mol. The minimum Gasteiger partial charge on any atom is -0.463 e. The third kappa shape index (κ3) is 2.73. The summed E-state index contributed by atoms with van der Waals surface area (Å²) in [5.74, 6) is -0.281. The Morgan fingerprint density at radius 3 is 2.50 bits per heavy atom. The van der Waals surface area contributed by atoms with Crippen LogP contribution in [0.25, 0.3) is 0 Å². The molecule has 136 valence electrons. The van der Waals surface area contributed by atoms with Gasteiger partial charge in [-0.3, -0.25) is 9.69 Å². The molecule has 0 spiro atoms. The number of carbonyl (C=O) groups is 2. The fourth-order valence-electron chi connectivity index (χ4n) is 3.70. The standard InChI is InChI=1S/C21H24N2O3/c1-6-26-21(25)17-13(2)12-16-19(18(17)15-10-8-7-9-11-15)20(24)23(5)14(3)22(16)4/h7-11,18H,3,6,12H2,1-2,4-5H3. The number of likely N-dealkylation sites (N-methyl/N-ethyl adjacent to an activating group) is 1. The van der Waals surface area contributed by atoms with Crippen molar-refractivity contribution in [1.29, 1.82) is 0 Å². The molecule has 1 amide bonds. The largest absolute Gasteiger partial charge is 0.463 e. The van der Waals surface area contributed by atoms with E-state index in [0.717, 1.165) is 16.8 Å². The molecule has 5 nitrogen and oxygen atoms in total. The molecule has 5 heteroatoms. The molecule has 1 heterocycles. The van der Waals surface area contributed by atoms with Crippen molar-refractivity contribution in [2.45, 2.75) is 26.2 Å². The Morgan fingerprint density at radius 1 is 1.23 bits per heavy atom. The highest BCUT2D eigenvalue weighted by atomic mass is 16.5. The van der Waals surface area contributed by atoms with Gasteiger partial charge >= 0.3 is 5.97 Å².